The summed E-state index contributed by atoms with van der Waals surface area (Å²) in [4.78, 5) is 6.72. The van der Waals surface area contributed by atoms with E-state index >= 15 is 0 Å². The van der Waals surface area contributed by atoms with Crippen molar-refractivity contribution in [3.05, 3.63) is 16.1 Å². The first-order valence-electron chi connectivity index (χ1n) is 5.23. The highest BCUT2D eigenvalue weighted by atomic mass is 32.1. The van der Waals surface area contributed by atoms with E-state index in [-0.39, 0.29) is 6.61 Å². The molecule has 1 saturated heterocycles. The second-order valence-electron chi connectivity index (χ2n) is 3.59. The molecule has 2 heterocycles. The lowest BCUT2D eigenvalue weighted by molar-refractivity contribution is 0.0384. The average Bonchev–Trinajstić information content (AvgIpc) is 2.76. The fraction of sp³-hybridized carbons (Fsp3) is 0.700. The first-order valence-corrected chi connectivity index (χ1v) is 6.10. The van der Waals surface area contributed by atoms with Gasteiger partial charge in [0.2, 0.25) is 0 Å². The summed E-state index contributed by atoms with van der Waals surface area (Å²) in [6, 6.07) is 0. The number of thiazole rings is 1. The second-order valence-corrected chi connectivity index (χ2v) is 4.54. The van der Waals surface area contributed by atoms with Crippen molar-refractivity contribution < 1.29 is 9.84 Å². The average molecular weight is 228 g/mol. The van der Waals surface area contributed by atoms with Crippen LogP contribution in [0.1, 0.15) is 10.7 Å². The SMILES string of the molecule is OCc1csc(CCN2CCOCC2)n1. The van der Waals surface area contributed by atoms with Crippen molar-refractivity contribution in [3.8, 4) is 0 Å². The number of aliphatic hydroxyl groups excluding tert-OH is 1. The molecule has 1 aliphatic heterocycles. The van der Waals surface area contributed by atoms with E-state index in [9.17, 15) is 0 Å². The minimum atomic E-state index is 0.0497. The van der Waals surface area contributed by atoms with Crippen LogP contribution in [0.2, 0.25) is 0 Å². The first kappa shape index (κ1) is 11.0. The number of ether oxygens (including phenoxy) is 1. The topological polar surface area (TPSA) is 45.6 Å². The van der Waals surface area contributed by atoms with Gasteiger partial charge >= 0.3 is 0 Å². The van der Waals surface area contributed by atoms with E-state index < -0.39 is 0 Å². The van der Waals surface area contributed by atoms with Crippen LogP contribution in [-0.2, 0) is 17.8 Å². The number of aliphatic hydroxyl groups is 1. The summed E-state index contributed by atoms with van der Waals surface area (Å²) in [5.74, 6) is 0. The summed E-state index contributed by atoms with van der Waals surface area (Å²) in [7, 11) is 0. The summed E-state index contributed by atoms with van der Waals surface area (Å²) in [6.45, 7) is 4.84. The molecule has 1 aromatic rings. The van der Waals surface area contributed by atoms with Gasteiger partial charge in [-0.1, -0.05) is 0 Å². The van der Waals surface area contributed by atoms with Crippen molar-refractivity contribution in [2.24, 2.45) is 0 Å². The lowest BCUT2D eigenvalue weighted by atomic mass is 10.3. The molecule has 0 saturated carbocycles. The molecule has 1 aliphatic rings. The van der Waals surface area contributed by atoms with Crippen LogP contribution in [0.4, 0.5) is 0 Å². The molecular weight excluding hydrogens is 212 g/mol. The van der Waals surface area contributed by atoms with Crippen molar-refractivity contribution in [1.82, 2.24) is 9.88 Å². The van der Waals surface area contributed by atoms with Gasteiger partial charge in [-0.2, -0.15) is 0 Å². The lowest BCUT2D eigenvalue weighted by Crippen LogP contribution is -2.37. The predicted octanol–water partition coefficient (Wildman–Crippen LogP) is 0.510. The monoisotopic (exact) mass is 228 g/mol. The molecule has 0 aliphatic carbocycles. The summed E-state index contributed by atoms with van der Waals surface area (Å²) in [5.41, 5.74) is 0.789. The molecule has 0 amide bonds. The van der Waals surface area contributed by atoms with Gasteiger partial charge in [0.05, 0.1) is 30.5 Å². The molecule has 0 spiro atoms. The smallest absolute Gasteiger partial charge is 0.0942 e. The van der Waals surface area contributed by atoms with Gasteiger partial charge in [0.15, 0.2) is 0 Å². The molecule has 15 heavy (non-hydrogen) atoms. The normalized spacial score (nSPS) is 18.2. The largest absolute Gasteiger partial charge is 0.390 e. The van der Waals surface area contributed by atoms with E-state index in [2.05, 4.69) is 9.88 Å². The van der Waals surface area contributed by atoms with Gasteiger partial charge in [0.25, 0.3) is 0 Å². The lowest BCUT2D eigenvalue weighted by Gasteiger charge is -2.25. The Kier molecular flexibility index (Phi) is 4.08. The molecule has 1 aromatic heterocycles. The van der Waals surface area contributed by atoms with Crippen LogP contribution in [0, 0.1) is 0 Å². The Morgan fingerprint density at radius 1 is 1.47 bits per heavy atom. The molecule has 0 unspecified atom stereocenters. The van der Waals surface area contributed by atoms with E-state index in [0.717, 1.165) is 50.0 Å². The van der Waals surface area contributed by atoms with Gasteiger partial charge in [0, 0.05) is 31.4 Å². The van der Waals surface area contributed by atoms with Crippen LogP contribution in [-0.4, -0.2) is 47.8 Å². The molecule has 0 bridgehead atoms. The first-order chi connectivity index (χ1) is 7.38. The molecular formula is C10H16N2O2S. The third kappa shape index (κ3) is 3.24. The molecule has 5 heteroatoms. The highest BCUT2D eigenvalue weighted by molar-refractivity contribution is 7.09. The van der Waals surface area contributed by atoms with E-state index in [4.69, 9.17) is 9.84 Å². The van der Waals surface area contributed by atoms with Crippen molar-refractivity contribution >= 4 is 11.3 Å². The van der Waals surface area contributed by atoms with Gasteiger partial charge < -0.3 is 9.84 Å². The van der Waals surface area contributed by atoms with E-state index in [1.165, 1.54) is 0 Å². The fourth-order valence-corrected chi connectivity index (χ4v) is 2.39. The maximum Gasteiger partial charge on any atom is 0.0942 e. The zero-order chi connectivity index (χ0) is 10.5. The maximum atomic E-state index is 8.89. The molecule has 0 atom stereocenters. The molecule has 4 nitrogen and oxygen atoms in total. The van der Waals surface area contributed by atoms with Gasteiger partial charge in [-0.25, -0.2) is 4.98 Å². The standard InChI is InChI=1S/C10H16N2O2S/c13-7-9-8-15-10(11-9)1-2-12-3-5-14-6-4-12/h8,13H,1-7H2. The summed E-state index contributed by atoms with van der Waals surface area (Å²) < 4.78 is 5.29. The van der Waals surface area contributed by atoms with Crippen molar-refractivity contribution in [2.45, 2.75) is 13.0 Å². The molecule has 2 rings (SSSR count). The van der Waals surface area contributed by atoms with Crippen LogP contribution in [0.15, 0.2) is 5.38 Å². The van der Waals surface area contributed by atoms with Crippen LogP contribution in [0.25, 0.3) is 0 Å². The van der Waals surface area contributed by atoms with Crippen molar-refractivity contribution in [1.29, 1.82) is 0 Å². The maximum absolute atomic E-state index is 8.89. The summed E-state index contributed by atoms with van der Waals surface area (Å²) in [6.07, 6.45) is 0.977. The highest BCUT2D eigenvalue weighted by Crippen LogP contribution is 2.11. The number of hydrogen-bond acceptors (Lipinski definition) is 5. The van der Waals surface area contributed by atoms with Crippen LogP contribution in [0.3, 0.4) is 0 Å². The van der Waals surface area contributed by atoms with E-state index in [1.54, 1.807) is 11.3 Å². The Bertz CT molecular complexity index is 297. The quantitative estimate of drug-likeness (QED) is 0.815. The number of morpholine rings is 1. The fourth-order valence-electron chi connectivity index (χ4n) is 1.61. The Morgan fingerprint density at radius 3 is 2.93 bits per heavy atom. The third-order valence-corrected chi connectivity index (χ3v) is 3.46. The number of hydrogen-bond donors (Lipinski definition) is 1. The van der Waals surface area contributed by atoms with Gasteiger partial charge in [-0.3, -0.25) is 4.90 Å². The van der Waals surface area contributed by atoms with Crippen LogP contribution >= 0.6 is 11.3 Å². The van der Waals surface area contributed by atoms with Gasteiger partial charge in [-0.15, -0.1) is 11.3 Å². The number of aromatic nitrogens is 1. The zero-order valence-electron chi connectivity index (χ0n) is 8.69. The summed E-state index contributed by atoms with van der Waals surface area (Å²) >= 11 is 1.63. The van der Waals surface area contributed by atoms with Crippen molar-refractivity contribution in [2.75, 3.05) is 32.8 Å². The molecule has 0 radical (unpaired) electrons. The summed E-state index contributed by atoms with van der Waals surface area (Å²) in [5, 5.41) is 11.9. The third-order valence-electron chi connectivity index (χ3n) is 2.51. The van der Waals surface area contributed by atoms with Gasteiger partial charge in [-0.05, 0) is 0 Å². The van der Waals surface area contributed by atoms with Crippen LogP contribution in [0.5, 0.6) is 0 Å². The molecule has 1 N–H and O–H groups in total. The zero-order valence-corrected chi connectivity index (χ0v) is 9.50. The Morgan fingerprint density at radius 2 is 2.27 bits per heavy atom. The van der Waals surface area contributed by atoms with E-state index in [0.29, 0.717) is 0 Å². The molecule has 1 fully saturated rings. The number of nitrogens with zero attached hydrogens (tertiary/aromatic N) is 2. The molecule has 84 valence electrons. The number of rotatable bonds is 4. The second kappa shape index (κ2) is 5.55. The minimum absolute atomic E-state index is 0.0497. The predicted molar refractivity (Wildman–Crippen MR) is 59.0 cm³/mol. The van der Waals surface area contributed by atoms with Gasteiger partial charge in [0.1, 0.15) is 0 Å². The Balaban J connectivity index is 1.76. The minimum Gasteiger partial charge on any atom is -0.390 e. The Hall–Kier alpha value is -0.490. The Labute approximate surface area is 93.5 Å². The van der Waals surface area contributed by atoms with E-state index in [1.807, 2.05) is 5.38 Å². The highest BCUT2D eigenvalue weighted by Gasteiger charge is 2.10. The van der Waals surface area contributed by atoms with Crippen LogP contribution < -0.4 is 0 Å². The van der Waals surface area contributed by atoms with Crippen molar-refractivity contribution in [3.63, 3.8) is 0 Å². The molecule has 0 aromatic carbocycles.